The molecule has 0 radical (unpaired) electrons. The minimum absolute atomic E-state index is 0.122. The van der Waals surface area contributed by atoms with Gasteiger partial charge in [-0.05, 0) is 38.2 Å². The van der Waals surface area contributed by atoms with Gasteiger partial charge in [-0.2, -0.15) is 0 Å². The zero-order chi connectivity index (χ0) is 14.7. The fourth-order valence-electron chi connectivity index (χ4n) is 2.82. The fraction of sp³-hybridized carbons (Fsp3) is 0.600. The second kappa shape index (κ2) is 6.50. The van der Waals surface area contributed by atoms with Gasteiger partial charge in [0, 0.05) is 32.2 Å². The quantitative estimate of drug-likeness (QED) is 0.914. The number of nitrogens with zero attached hydrogens (tertiary/aromatic N) is 2. The van der Waals surface area contributed by atoms with Crippen molar-refractivity contribution in [1.82, 2.24) is 10.2 Å². The van der Waals surface area contributed by atoms with E-state index in [0.717, 1.165) is 13.0 Å². The van der Waals surface area contributed by atoms with Crippen molar-refractivity contribution in [2.45, 2.75) is 25.9 Å². The van der Waals surface area contributed by atoms with E-state index in [1.54, 1.807) is 7.05 Å². The normalized spacial score (nSPS) is 20.4. The predicted octanol–water partition coefficient (Wildman–Crippen LogP) is 2.21. The van der Waals surface area contributed by atoms with Crippen molar-refractivity contribution in [1.29, 1.82) is 0 Å². The minimum atomic E-state index is -0.463. The maximum atomic E-state index is 14.2. The van der Waals surface area contributed by atoms with Gasteiger partial charge in [0.15, 0.2) is 0 Å². The summed E-state index contributed by atoms with van der Waals surface area (Å²) < 4.78 is 28.4. The van der Waals surface area contributed by atoms with E-state index in [1.807, 2.05) is 4.90 Å². The Labute approximate surface area is 119 Å². The van der Waals surface area contributed by atoms with Crippen molar-refractivity contribution in [3.05, 3.63) is 29.3 Å². The zero-order valence-electron chi connectivity index (χ0n) is 12.4. The molecule has 5 heteroatoms. The Hall–Kier alpha value is -1.20. The van der Waals surface area contributed by atoms with Crippen LogP contribution in [0.15, 0.2) is 12.1 Å². The van der Waals surface area contributed by atoms with E-state index >= 15 is 0 Å². The van der Waals surface area contributed by atoms with Crippen LogP contribution in [0.1, 0.15) is 18.9 Å². The molecule has 1 unspecified atom stereocenters. The molecule has 1 aliphatic rings. The average molecular weight is 283 g/mol. The highest BCUT2D eigenvalue weighted by molar-refractivity contribution is 5.51. The first-order valence-corrected chi connectivity index (χ1v) is 7.14. The number of likely N-dealkylation sites (N-methyl/N-ethyl adjacent to an activating group) is 1. The van der Waals surface area contributed by atoms with E-state index < -0.39 is 11.6 Å². The van der Waals surface area contributed by atoms with Gasteiger partial charge >= 0.3 is 0 Å². The van der Waals surface area contributed by atoms with Crippen LogP contribution in [-0.4, -0.2) is 44.7 Å². The van der Waals surface area contributed by atoms with Gasteiger partial charge < -0.3 is 10.2 Å². The van der Waals surface area contributed by atoms with E-state index in [2.05, 4.69) is 24.2 Å². The SMILES string of the molecule is CCC1CN(c2c(F)cc(CNC)cc2F)CCN1C. The molecule has 112 valence electrons. The third-order valence-corrected chi connectivity index (χ3v) is 4.02. The number of benzene rings is 1. The van der Waals surface area contributed by atoms with E-state index in [4.69, 9.17) is 0 Å². The molecule has 1 saturated heterocycles. The summed E-state index contributed by atoms with van der Waals surface area (Å²) in [5.74, 6) is -0.927. The van der Waals surface area contributed by atoms with Crippen molar-refractivity contribution in [3.8, 4) is 0 Å². The first-order chi connectivity index (χ1) is 9.56. The lowest BCUT2D eigenvalue weighted by Gasteiger charge is -2.40. The van der Waals surface area contributed by atoms with Crippen LogP contribution in [-0.2, 0) is 6.54 Å². The third kappa shape index (κ3) is 3.10. The standard InChI is InChI=1S/C15H23F2N3/c1-4-12-10-20(6-5-19(12)3)15-13(16)7-11(9-18-2)8-14(15)17/h7-8,12,18H,4-6,9-10H2,1-3H3. The molecule has 0 aliphatic carbocycles. The number of hydrogen-bond donors (Lipinski definition) is 1. The van der Waals surface area contributed by atoms with Crippen LogP contribution >= 0.6 is 0 Å². The molecular weight excluding hydrogens is 260 g/mol. The highest BCUT2D eigenvalue weighted by Crippen LogP contribution is 2.27. The molecule has 1 aromatic rings. The Kier molecular flexibility index (Phi) is 4.94. The number of rotatable bonds is 4. The molecule has 2 rings (SSSR count). The number of halogens is 2. The van der Waals surface area contributed by atoms with Gasteiger partial charge in [-0.25, -0.2) is 8.78 Å². The number of hydrogen-bond acceptors (Lipinski definition) is 3. The Balaban J connectivity index is 2.24. The van der Waals surface area contributed by atoms with Crippen LogP contribution in [0.2, 0.25) is 0 Å². The van der Waals surface area contributed by atoms with Crippen LogP contribution in [0.5, 0.6) is 0 Å². The largest absolute Gasteiger partial charge is 0.364 e. The first-order valence-electron chi connectivity index (χ1n) is 7.14. The summed E-state index contributed by atoms with van der Waals surface area (Å²) >= 11 is 0. The van der Waals surface area contributed by atoms with Gasteiger partial charge in [0.1, 0.15) is 17.3 Å². The van der Waals surface area contributed by atoms with Crippen molar-refractivity contribution < 1.29 is 8.78 Å². The summed E-state index contributed by atoms with van der Waals surface area (Å²) in [6, 6.07) is 3.20. The number of anilines is 1. The maximum absolute atomic E-state index is 14.2. The van der Waals surface area contributed by atoms with E-state index in [1.165, 1.54) is 12.1 Å². The minimum Gasteiger partial charge on any atom is -0.364 e. The van der Waals surface area contributed by atoms with E-state index in [0.29, 0.717) is 31.2 Å². The average Bonchev–Trinajstić information content (AvgIpc) is 2.40. The molecule has 1 N–H and O–H groups in total. The van der Waals surface area contributed by atoms with Gasteiger partial charge in [-0.3, -0.25) is 4.90 Å². The Bertz CT molecular complexity index is 441. The smallest absolute Gasteiger partial charge is 0.149 e. The predicted molar refractivity (Wildman–Crippen MR) is 78.0 cm³/mol. The Morgan fingerprint density at radius 3 is 2.45 bits per heavy atom. The summed E-state index contributed by atoms with van der Waals surface area (Å²) in [4.78, 5) is 4.09. The third-order valence-electron chi connectivity index (χ3n) is 4.02. The van der Waals surface area contributed by atoms with Crippen LogP contribution < -0.4 is 10.2 Å². The Morgan fingerprint density at radius 2 is 1.90 bits per heavy atom. The summed E-state index contributed by atoms with van der Waals surface area (Å²) in [5.41, 5.74) is 0.754. The molecule has 0 aromatic heterocycles. The molecule has 3 nitrogen and oxygen atoms in total. The van der Waals surface area contributed by atoms with Crippen molar-refractivity contribution in [3.63, 3.8) is 0 Å². The molecule has 0 spiro atoms. The highest BCUT2D eigenvalue weighted by Gasteiger charge is 2.26. The second-order valence-electron chi connectivity index (χ2n) is 5.43. The second-order valence-corrected chi connectivity index (χ2v) is 5.43. The lowest BCUT2D eigenvalue weighted by Crippen LogP contribution is -2.51. The Morgan fingerprint density at radius 1 is 1.25 bits per heavy atom. The molecule has 1 aliphatic heterocycles. The van der Waals surface area contributed by atoms with E-state index in [-0.39, 0.29) is 5.69 Å². The number of nitrogens with one attached hydrogen (secondary N) is 1. The lowest BCUT2D eigenvalue weighted by atomic mass is 10.1. The zero-order valence-corrected chi connectivity index (χ0v) is 12.4. The van der Waals surface area contributed by atoms with Crippen molar-refractivity contribution in [2.24, 2.45) is 0 Å². The summed E-state index contributed by atoms with van der Waals surface area (Å²) in [5, 5.41) is 2.91. The maximum Gasteiger partial charge on any atom is 0.149 e. The topological polar surface area (TPSA) is 18.5 Å². The highest BCUT2D eigenvalue weighted by atomic mass is 19.1. The van der Waals surface area contributed by atoms with Crippen LogP contribution in [0.3, 0.4) is 0 Å². The summed E-state index contributed by atoms with van der Waals surface area (Å²) in [6.45, 7) is 4.73. The molecule has 0 bridgehead atoms. The van der Waals surface area contributed by atoms with Crippen LogP contribution in [0, 0.1) is 11.6 Å². The molecule has 1 atom stereocenters. The molecule has 0 saturated carbocycles. The molecule has 1 heterocycles. The van der Waals surface area contributed by atoms with Crippen molar-refractivity contribution in [2.75, 3.05) is 38.6 Å². The van der Waals surface area contributed by atoms with Crippen LogP contribution in [0.4, 0.5) is 14.5 Å². The van der Waals surface area contributed by atoms with Gasteiger partial charge in [-0.15, -0.1) is 0 Å². The molecule has 0 amide bonds. The molecule has 1 fully saturated rings. The van der Waals surface area contributed by atoms with Gasteiger partial charge in [0.05, 0.1) is 0 Å². The summed E-state index contributed by atoms with van der Waals surface area (Å²) in [6.07, 6.45) is 0.980. The van der Waals surface area contributed by atoms with Gasteiger partial charge in [-0.1, -0.05) is 6.92 Å². The van der Waals surface area contributed by atoms with E-state index in [9.17, 15) is 8.78 Å². The number of piperazine rings is 1. The fourth-order valence-corrected chi connectivity index (χ4v) is 2.82. The van der Waals surface area contributed by atoms with Gasteiger partial charge in [0.25, 0.3) is 0 Å². The van der Waals surface area contributed by atoms with Crippen LogP contribution in [0.25, 0.3) is 0 Å². The molecular formula is C15H23F2N3. The summed E-state index contributed by atoms with van der Waals surface area (Å²) in [7, 11) is 3.82. The van der Waals surface area contributed by atoms with Crippen molar-refractivity contribution >= 4 is 5.69 Å². The first kappa shape index (κ1) is 15.2. The lowest BCUT2D eigenvalue weighted by molar-refractivity contribution is 0.212. The molecule has 1 aromatic carbocycles. The molecule has 20 heavy (non-hydrogen) atoms. The van der Waals surface area contributed by atoms with Gasteiger partial charge in [0.2, 0.25) is 0 Å². The monoisotopic (exact) mass is 283 g/mol.